The van der Waals surface area contributed by atoms with Crippen molar-refractivity contribution in [3.8, 4) is 0 Å². The van der Waals surface area contributed by atoms with E-state index in [-0.39, 0.29) is 53.7 Å². The molecule has 2 aliphatic rings. The summed E-state index contributed by atoms with van der Waals surface area (Å²) < 4.78 is 11.4. The summed E-state index contributed by atoms with van der Waals surface area (Å²) in [5.74, 6) is 0.676. The van der Waals surface area contributed by atoms with Crippen LogP contribution in [0.1, 0.15) is 46.2 Å². The van der Waals surface area contributed by atoms with Gasteiger partial charge in [-0.25, -0.2) is 9.78 Å². The molecule has 3 heterocycles. The van der Waals surface area contributed by atoms with E-state index in [1.807, 2.05) is 27.7 Å². The van der Waals surface area contributed by atoms with Crippen LogP contribution in [0, 0.1) is 5.41 Å². The quantitative estimate of drug-likeness (QED) is 0.453. The number of aliphatic hydroxyl groups is 1. The van der Waals surface area contributed by atoms with E-state index in [0.717, 1.165) is 25.9 Å². The molecular weight excluding hydrogens is 403 g/mol. The fourth-order valence-corrected chi connectivity index (χ4v) is 4.24. The molecule has 156 valence electrons. The Balaban J connectivity index is 0.00000300. The Bertz CT molecular complexity index is 723. The van der Waals surface area contributed by atoms with Crippen LogP contribution >= 0.6 is 0 Å². The molecule has 8 nitrogen and oxygen atoms in total. The third-order valence-electron chi connectivity index (χ3n) is 5.44. The summed E-state index contributed by atoms with van der Waals surface area (Å²) in [7, 11) is 0. The molecule has 10 heteroatoms. The molecule has 1 spiro atoms. The number of ether oxygens (including phenoxy) is 2. The Hall–Kier alpha value is -0.710. The molecular formula is C19H29N4NaO4S. The molecule has 2 N–H and O–H groups in total. The Labute approximate surface area is 199 Å². The van der Waals surface area contributed by atoms with Crippen LogP contribution in [0.3, 0.4) is 0 Å². The van der Waals surface area contributed by atoms with E-state index in [0.29, 0.717) is 23.1 Å². The van der Waals surface area contributed by atoms with Crippen molar-refractivity contribution in [3.63, 3.8) is 0 Å². The van der Waals surface area contributed by atoms with Gasteiger partial charge < -0.3 is 37.4 Å². The second kappa shape index (κ2) is 9.62. The fraction of sp³-hybridized carbons (Fsp3) is 0.737. The molecule has 0 saturated carbocycles. The molecule has 2 saturated heterocycles. The maximum atomic E-state index is 12.3. The van der Waals surface area contributed by atoms with Crippen LogP contribution in [-0.2, 0) is 28.7 Å². The number of aromatic nitrogens is 2. The van der Waals surface area contributed by atoms with E-state index in [1.54, 1.807) is 6.20 Å². The average molecular weight is 433 g/mol. The minimum Gasteiger partial charge on any atom is -0.759 e. The molecule has 1 amide bonds. The van der Waals surface area contributed by atoms with Crippen molar-refractivity contribution in [1.29, 1.82) is 0 Å². The molecule has 0 radical (unpaired) electrons. The largest absolute Gasteiger partial charge is 1.00 e. The van der Waals surface area contributed by atoms with Gasteiger partial charge >= 0.3 is 35.7 Å². The summed E-state index contributed by atoms with van der Waals surface area (Å²) >= 11 is 5.04. The predicted molar refractivity (Wildman–Crippen MR) is 106 cm³/mol. The third-order valence-corrected chi connectivity index (χ3v) is 5.64. The predicted octanol–water partition coefficient (Wildman–Crippen LogP) is -1.22. The zero-order valence-electron chi connectivity index (χ0n) is 17.9. The van der Waals surface area contributed by atoms with Crippen molar-refractivity contribution in [3.05, 3.63) is 11.9 Å². The van der Waals surface area contributed by atoms with Crippen molar-refractivity contribution in [1.82, 2.24) is 15.3 Å². The number of amides is 1. The minimum absolute atomic E-state index is 0. The van der Waals surface area contributed by atoms with Crippen molar-refractivity contribution in [2.75, 3.05) is 24.6 Å². The first-order chi connectivity index (χ1) is 13.1. The van der Waals surface area contributed by atoms with Crippen LogP contribution in [0.4, 0.5) is 10.6 Å². The van der Waals surface area contributed by atoms with Crippen molar-refractivity contribution >= 4 is 24.5 Å². The van der Waals surface area contributed by atoms with Gasteiger partial charge in [-0.2, -0.15) is 0 Å². The first-order valence-electron chi connectivity index (χ1n) is 9.63. The van der Waals surface area contributed by atoms with E-state index in [9.17, 15) is 9.90 Å². The van der Waals surface area contributed by atoms with Crippen LogP contribution < -0.4 is 39.8 Å². The molecule has 3 rings (SSSR count). The Morgan fingerprint density at radius 3 is 2.69 bits per heavy atom. The molecule has 0 aromatic carbocycles. The van der Waals surface area contributed by atoms with Crippen LogP contribution in [0.2, 0.25) is 0 Å². The van der Waals surface area contributed by atoms with Gasteiger partial charge in [0, 0.05) is 24.7 Å². The number of carbonyl (C=O) groups is 1. The molecule has 1 aromatic rings. The normalized spacial score (nSPS) is 23.6. The Morgan fingerprint density at radius 2 is 2.10 bits per heavy atom. The van der Waals surface area contributed by atoms with Crippen LogP contribution in [0.25, 0.3) is 0 Å². The second-order valence-electron chi connectivity index (χ2n) is 8.63. The van der Waals surface area contributed by atoms with Crippen molar-refractivity contribution < 1.29 is 48.9 Å². The summed E-state index contributed by atoms with van der Waals surface area (Å²) in [4.78, 5) is 23.1. The van der Waals surface area contributed by atoms with Crippen LogP contribution in [0.15, 0.2) is 11.2 Å². The maximum absolute atomic E-state index is 12.3. The number of piperidine rings is 1. The number of aliphatic hydroxyl groups excluding tert-OH is 1. The number of anilines is 1. The van der Waals surface area contributed by atoms with E-state index in [4.69, 9.17) is 22.1 Å². The second-order valence-corrected chi connectivity index (χ2v) is 9.04. The summed E-state index contributed by atoms with van der Waals surface area (Å²) in [5, 5.41) is 13.0. The number of nitrogens with one attached hydrogen (secondary N) is 1. The summed E-state index contributed by atoms with van der Waals surface area (Å²) in [6.07, 6.45) is 2.72. The molecule has 1 aromatic heterocycles. The molecule has 2 atom stereocenters. The topological polar surface area (TPSA) is 96.8 Å². The fourth-order valence-electron chi connectivity index (χ4n) is 4.08. The number of hydrogen-bond donors (Lipinski definition) is 2. The average Bonchev–Trinajstić information content (AvgIpc) is 2.90. The standard InChI is InChI=1S/C19H30N4O4S.Na/c1-12-15(22-17(25)27-18(2,3)4)19(11-26-12)5-7-23(8-6-19)16-13(10-24)21-14(28)9-20-16;/h9,12,15,24H,5-8,10-11H2,1-4H3,(H,21,28)(H,22,25);/q;+1/p-1/t12-,15+;/m0./s1. The van der Waals surface area contributed by atoms with Crippen LogP contribution in [0.5, 0.6) is 0 Å². The summed E-state index contributed by atoms with van der Waals surface area (Å²) in [6, 6.07) is -0.108. The van der Waals surface area contributed by atoms with Gasteiger partial charge in [-0.1, -0.05) is 5.03 Å². The van der Waals surface area contributed by atoms with Gasteiger partial charge in [-0.05, 0) is 40.5 Å². The smallest absolute Gasteiger partial charge is 0.759 e. The number of carbonyl (C=O) groups excluding carboxylic acids is 1. The zero-order valence-corrected chi connectivity index (χ0v) is 20.7. The van der Waals surface area contributed by atoms with E-state index >= 15 is 0 Å². The first kappa shape index (κ1) is 24.6. The number of alkyl carbamates (subject to hydrolysis) is 1. The third kappa shape index (κ3) is 5.71. The molecule has 0 bridgehead atoms. The van der Waals surface area contributed by atoms with Gasteiger partial charge in [0.1, 0.15) is 11.3 Å². The minimum atomic E-state index is -0.542. The van der Waals surface area contributed by atoms with E-state index in [1.165, 1.54) is 0 Å². The molecule has 2 aliphatic heterocycles. The van der Waals surface area contributed by atoms with Gasteiger partial charge in [0.2, 0.25) is 0 Å². The van der Waals surface area contributed by atoms with Crippen LogP contribution in [-0.4, -0.2) is 58.6 Å². The SMILES string of the molecule is C[C@@H]1OCC2(CCN(c3ncc([S-])nc3CO)CC2)[C@@H]1NC(=O)OC(C)(C)C.[Na+]. The molecule has 2 fully saturated rings. The monoisotopic (exact) mass is 432 g/mol. The van der Waals surface area contributed by atoms with Gasteiger partial charge in [0.15, 0.2) is 5.82 Å². The molecule has 29 heavy (non-hydrogen) atoms. The van der Waals surface area contributed by atoms with Crippen molar-refractivity contribution in [2.24, 2.45) is 5.41 Å². The maximum Gasteiger partial charge on any atom is 1.00 e. The number of nitrogens with zero attached hydrogens (tertiary/aromatic N) is 3. The van der Waals surface area contributed by atoms with Gasteiger partial charge in [0.25, 0.3) is 0 Å². The van der Waals surface area contributed by atoms with Gasteiger partial charge in [0.05, 0.1) is 25.4 Å². The van der Waals surface area contributed by atoms with Crippen molar-refractivity contribution in [2.45, 2.75) is 69.9 Å². The number of hydrogen-bond acceptors (Lipinski definition) is 8. The number of rotatable bonds is 3. The van der Waals surface area contributed by atoms with E-state index < -0.39 is 11.7 Å². The van der Waals surface area contributed by atoms with Gasteiger partial charge in [-0.15, -0.1) is 0 Å². The Morgan fingerprint density at radius 1 is 1.45 bits per heavy atom. The molecule has 0 aliphatic carbocycles. The Kier molecular flexibility index (Phi) is 8.14. The first-order valence-corrected chi connectivity index (χ1v) is 10.0. The van der Waals surface area contributed by atoms with Gasteiger partial charge in [-0.3, -0.25) is 4.98 Å². The zero-order chi connectivity index (χ0) is 20.5. The summed E-state index contributed by atoms with van der Waals surface area (Å²) in [6.45, 7) is 9.42. The van der Waals surface area contributed by atoms with E-state index in [2.05, 4.69) is 20.2 Å². The summed E-state index contributed by atoms with van der Waals surface area (Å²) in [5.41, 5.74) is -0.181. The molecule has 0 unspecified atom stereocenters.